The van der Waals surface area contributed by atoms with E-state index in [1.54, 1.807) is 11.7 Å². The highest BCUT2D eigenvalue weighted by molar-refractivity contribution is 5.90. The SMILES string of the molecule is Cn1ncnc1C(=O)N1CCC(CC2CCCCC2)CC1. The van der Waals surface area contributed by atoms with E-state index in [9.17, 15) is 4.79 Å². The van der Waals surface area contributed by atoms with Gasteiger partial charge >= 0.3 is 0 Å². The quantitative estimate of drug-likeness (QED) is 0.860. The van der Waals surface area contributed by atoms with Crippen molar-refractivity contribution in [2.45, 2.75) is 51.4 Å². The van der Waals surface area contributed by atoms with Crippen molar-refractivity contribution in [3.8, 4) is 0 Å². The fraction of sp³-hybridized carbons (Fsp3) is 0.812. The van der Waals surface area contributed by atoms with Crippen molar-refractivity contribution >= 4 is 5.91 Å². The third kappa shape index (κ3) is 3.44. The van der Waals surface area contributed by atoms with Gasteiger partial charge < -0.3 is 4.90 Å². The van der Waals surface area contributed by atoms with E-state index in [-0.39, 0.29) is 5.91 Å². The minimum Gasteiger partial charge on any atom is -0.336 e. The van der Waals surface area contributed by atoms with E-state index in [1.807, 2.05) is 4.90 Å². The van der Waals surface area contributed by atoms with Gasteiger partial charge in [0, 0.05) is 20.1 Å². The summed E-state index contributed by atoms with van der Waals surface area (Å²) in [6, 6.07) is 0. The summed E-state index contributed by atoms with van der Waals surface area (Å²) in [5.74, 6) is 2.26. The number of amides is 1. The van der Waals surface area contributed by atoms with Crippen molar-refractivity contribution in [2.75, 3.05) is 13.1 Å². The van der Waals surface area contributed by atoms with Gasteiger partial charge in [0.25, 0.3) is 5.91 Å². The molecule has 0 spiro atoms. The first-order chi connectivity index (χ1) is 10.2. The molecule has 21 heavy (non-hydrogen) atoms. The Balaban J connectivity index is 1.48. The standard InChI is InChI=1S/C16H26N4O/c1-19-15(17-12-18-19)16(21)20-9-7-14(8-10-20)11-13-5-3-2-4-6-13/h12-14H,2-11H2,1H3. The van der Waals surface area contributed by atoms with Crippen LogP contribution in [0.15, 0.2) is 6.33 Å². The Labute approximate surface area is 126 Å². The van der Waals surface area contributed by atoms with E-state index in [1.165, 1.54) is 44.9 Å². The lowest BCUT2D eigenvalue weighted by atomic mass is 9.80. The topological polar surface area (TPSA) is 51.0 Å². The van der Waals surface area contributed by atoms with Crippen molar-refractivity contribution < 1.29 is 4.79 Å². The largest absolute Gasteiger partial charge is 0.336 e. The van der Waals surface area contributed by atoms with Gasteiger partial charge in [0.1, 0.15) is 6.33 Å². The molecule has 0 unspecified atom stereocenters. The molecule has 1 amide bonds. The third-order valence-corrected chi connectivity index (χ3v) is 5.20. The molecule has 2 heterocycles. The lowest BCUT2D eigenvalue weighted by Gasteiger charge is -2.34. The number of aryl methyl sites for hydroxylation is 1. The first-order valence-corrected chi connectivity index (χ1v) is 8.37. The maximum Gasteiger partial charge on any atom is 0.291 e. The van der Waals surface area contributed by atoms with Crippen LogP contribution in [0.25, 0.3) is 0 Å². The Kier molecular flexibility index (Phi) is 4.56. The van der Waals surface area contributed by atoms with Crippen molar-refractivity contribution in [3.05, 3.63) is 12.2 Å². The smallest absolute Gasteiger partial charge is 0.291 e. The summed E-state index contributed by atoms with van der Waals surface area (Å²) in [5.41, 5.74) is 0. The number of carbonyl (C=O) groups excluding carboxylic acids is 1. The maximum absolute atomic E-state index is 12.4. The summed E-state index contributed by atoms with van der Waals surface area (Å²) in [6.45, 7) is 1.76. The predicted molar refractivity (Wildman–Crippen MR) is 80.8 cm³/mol. The van der Waals surface area contributed by atoms with Crippen LogP contribution in [0, 0.1) is 11.8 Å². The molecule has 5 heteroatoms. The maximum atomic E-state index is 12.4. The average Bonchev–Trinajstić information content (AvgIpc) is 2.94. The van der Waals surface area contributed by atoms with Gasteiger partial charge in [-0.15, -0.1) is 0 Å². The fourth-order valence-corrected chi connectivity index (χ4v) is 3.90. The lowest BCUT2D eigenvalue weighted by Crippen LogP contribution is -2.40. The number of hydrogen-bond acceptors (Lipinski definition) is 3. The molecule has 1 aliphatic heterocycles. The Morgan fingerprint density at radius 1 is 1.14 bits per heavy atom. The number of hydrogen-bond donors (Lipinski definition) is 0. The highest BCUT2D eigenvalue weighted by Gasteiger charge is 2.27. The van der Waals surface area contributed by atoms with Gasteiger partial charge in [-0.05, 0) is 31.1 Å². The zero-order chi connectivity index (χ0) is 14.7. The van der Waals surface area contributed by atoms with Crippen LogP contribution < -0.4 is 0 Å². The Hall–Kier alpha value is -1.39. The zero-order valence-corrected chi connectivity index (χ0v) is 13.0. The molecule has 2 aliphatic rings. The van der Waals surface area contributed by atoms with Crippen LogP contribution in [-0.4, -0.2) is 38.7 Å². The molecule has 5 nitrogen and oxygen atoms in total. The number of aromatic nitrogens is 3. The molecule has 1 aromatic rings. The minimum absolute atomic E-state index is 0.0334. The summed E-state index contributed by atoms with van der Waals surface area (Å²) in [7, 11) is 1.77. The number of carbonyl (C=O) groups is 1. The summed E-state index contributed by atoms with van der Waals surface area (Å²) in [4.78, 5) is 18.4. The molecule has 0 radical (unpaired) electrons. The number of piperidine rings is 1. The van der Waals surface area contributed by atoms with Crippen LogP contribution in [0.1, 0.15) is 62.0 Å². The van der Waals surface area contributed by atoms with E-state index in [0.717, 1.165) is 37.8 Å². The molecule has 3 rings (SSSR count). The van der Waals surface area contributed by atoms with Gasteiger partial charge in [-0.3, -0.25) is 4.79 Å². The van der Waals surface area contributed by atoms with E-state index < -0.39 is 0 Å². The first-order valence-electron chi connectivity index (χ1n) is 8.37. The molecule has 1 aliphatic carbocycles. The second-order valence-corrected chi connectivity index (χ2v) is 6.68. The van der Waals surface area contributed by atoms with E-state index in [4.69, 9.17) is 0 Å². The Morgan fingerprint density at radius 2 is 1.81 bits per heavy atom. The van der Waals surface area contributed by atoms with Gasteiger partial charge in [0.2, 0.25) is 5.82 Å². The Morgan fingerprint density at radius 3 is 2.43 bits per heavy atom. The Bertz CT molecular complexity index is 470. The van der Waals surface area contributed by atoms with Gasteiger partial charge in [-0.25, -0.2) is 9.67 Å². The molecule has 1 saturated heterocycles. The summed E-state index contributed by atoms with van der Waals surface area (Å²) >= 11 is 0. The molecule has 0 atom stereocenters. The minimum atomic E-state index is 0.0334. The molecular formula is C16H26N4O. The summed E-state index contributed by atoms with van der Waals surface area (Å²) in [6.07, 6.45) is 12.3. The lowest BCUT2D eigenvalue weighted by molar-refractivity contribution is 0.0657. The van der Waals surface area contributed by atoms with Crippen LogP contribution >= 0.6 is 0 Å². The van der Waals surface area contributed by atoms with Gasteiger partial charge in [-0.2, -0.15) is 5.10 Å². The molecule has 1 aromatic heterocycles. The summed E-state index contributed by atoms with van der Waals surface area (Å²) < 4.78 is 1.57. The third-order valence-electron chi connectivity index (χ3n) is 5.20. The molecule has 1 saturated carbocycles. The molecular weight excluding hydrogens is 264 g/mol. The monoisotopic (exact) mass is 290 g/mol. The second kappa shape index (κ2) is 6.58. The first kappa shape index (κ1) is 14.5. The van der Waals surface area contributed by atoms with Gasteiger partial charge in [0.05, 0.1) is 0 Å². The highest BCUT2D eigenvalue weighted by atomic mass is 16.2. The molecule has 116 valence electrons. The van der Waals surface area contributed by atoms with Crippen molar-refractivity contribution in [2.24, 2.45) is 18.9 Å². The highest BCUT2D eigenvalue weighted by Crippen LogP contribution is 2.33. The van der Waals surface area contributed by atoms with Crippen LogP contribution in [0.5, 0.6) is 0 Å². The number of rotatable bonds is 3. The zero-order valence-electron chi connectivity index (χ0n) is 13.0. The normalized spacial score (nSPS) is 21.7. The molecule has 0 aromatic carbocycles. The molecule has 2 fully saturated rings. The van der Waals surface area contributed by atoms with Crippen LogP contribution in [0.4, 0.5) is 0 Å². The molecule has 0 N–H and O–H groups in total. The van der Waals surface area contributed by atoms with Gasteiger partial charge in [0.15, 0.2) is 0 Å². The van der Waals surface area contributed by atoms with E-state index in [2.05, 4.69) is 10.1 Å². The van der Waals surface area contributed by atoms with Crippen LogP contribution in [0.3, 0.4) is 0 Å². The second-order valence-electron chi connectivity index (χ2n) is 6.68. The number of likely N-dealkylation sites (tertiary alicyclic amines) is 1. The predicted octanol–water partition coefficient (Wildman–Crippen LogP) is 2.64. The van der Waals surface area contributed by atoms with Crippen molar-refractivity contribution in [1.29, 1.82) is 0 Å². The van der Waals surface area contributed by atoms with Crippen LogP contribution in [0.2, 0.25) is 0 Å². The van der Waals surface area contributed by atoms with E-state index in [0.29, 0.717) is 5.82 Å². The van der Waals surface area contributed by atoms with Gasteiger partial charge in [-0.1, -0.05) is 32.1 Å². The average molecular weight is 290 g/mol. The van der Waals surface area contributed by atoms with Crippen molar-refractivity contribution in [3.63, 3.8) is 0 Å². The molecule has 0 bridgehead atoms. The van der Waals surface area contributed by atoms with Crippen molar-refractivity contribution in [1.82, 2.24) is 19.7 Å². The number of nitrogens with zero attached hydrogens (tertiary/aromatic N) is 4. The fourth-order valence-electron chi connectivity index (χ4n) is 3.90. The van der Waals surface area contributed by atoms with Crippen LogP contribution in [-0.2, 0) is 7.05 Å². The van der Waals surface area contributed by atoms with E-state index >= 15 is 0 Å². The summed E-state index contributed by atoms with van der Waals surface area (Å²) in [5, 5.41) is 3.98.